The number of nitrogens with one attached hydrogen (secondary N) is 1. The molecule has 0 aromatic rings. The number of hydrogen-bond acceptors (Lipinski definition) is 3. The summed E-state index contributed by atoms with van der Waals surface area (Å²) >= 11 is 1.97. The lowest BCUT2D eigenvalue weighted by Gasteiger charge is -2.29. The van der Waals surface area contributed by atoms with Crippen LogP contribution in [-0.2, 0) is 0 Å². The van der Waals surface area contributed by atoms with Crippen molar-refractivity contribution in [3.8, 4) is 0 Å². The lowest BCUT2D eigenvalue weighted by Crippen LogP contribution is -2.41. The zero-order valence-corrected chi connectivity index (χ0v) is 11.8. The quantitative estimate of drug-likeness (QED) is 0.661. The summed E-state index contributed by atoms with van der Waals surface area (Å²) in [6.45, 7) is 3.77. The molecule has 96 valence electrons. The molecule has 0 aromatic carbocycles. The fourth-order valence-corrected chi connectivity index (χ4v) is 2.74. The third kappa shape index (κ3) is 6.77. The van der Waals surface area contributed by atoms with Crippen molar-refractivity contribution in [3.63, 3.8) is 0 Å². The van der Waals surface area contributed by atoms with Gasteiger partial charge in [0.05, 0.1) is 0 Å². The number of likely N-dealkylation sites (tertiary alicyclic amines) is 1. The van der Waals surface area contributed by atoms with Crippen molar-refractivity contribution in [1.82, 2.24) is 10.2 Å². The molecule has 0 spiro atoms. The van der Waals surface area contributed by atoms with Crippen molar-refractivity contribution in [2.24, 2.45) is 0 Å². The number of thioether (sulfide) groups is 1. The molecule has 0 aliphatic carbocycles. The molecule has 0 radical (unpaired) electrons. The maximum absolute atomic E-state index is 3.70. The molecule has 0 unspecified atom stereocenters. The highest BCUT2D eigenvalue weighted by molar-refractivity contribution is 7.98. The molecule has 1 aliphatic rings. The van der Waals surface area contributed by atoms with Gasteiger partial charge in [0, 0.05) is 6.04 Å². The van der Waals surface area contributed by atoms with E-state index in [1.165, 1.54) is 63.9 Å². The van der Waals surface area contributed by atoms with Crippen LogP contribution in [0.4, 0.5) is 0 Å². The Morgan fingerprint density at radius 1 is 1.12 bits per heavy atom. The van der Waals surface area contributed by atoms with Gasteiger partial charge < -0.3 is 10.2 Å². The van der Waals surface area contributed by atoms with Crippen molar-refractivity contribution >= 4 is 11.8 Å². The van der Waals surface area contributed by atoms with E-state index in [0.29, 0.717) is 0 Å². The van der Waals surface area contributed by atoms with E-state index in [9.17, 15) is 0 Å². The van der Waals surface area contributed by atoms with Gasteiger partial charge in [-0.15, -0.1) is 0 Å². The topological polar surface area (TPSA) is 15.3 Å². The van der Waals surface area contributed by atoms with E-state index >= 15 is 0 Å². The number of nitrogens with zero attached hydrogens (tertiary/aromatic N) is 1. The van der Waals surface area contributed by atoms with Gasteiger partial charge in [-0.2, -0.15) is 11.8 Å². The Morgan fingerprint density at radius 2 is 1.81 bits per heavy atom. The maximum Gasteiger partial charge on any atom is 0.00914 e. The SMILES string of the molecule is CSCCCCCCNC1CCN(C)CC1. The van der Waals surface area contributed by atoms with Crippen molar-refractivity contribution in [1.29, 1.82) is 0 Å². The Hall–Kier alpha value is 0.270. The summed E-state index contributed by atoms with van der Waals surface area (Å²) in [6, 6.07) is 0.794. The van der Waals surface area contributed by atoms with Crippen LogP contribution in [0.3, 0.4) is 0 Å². The van der Waals surface area contributed by atoms with Gasteiger partial charge in [0.25, 0.3) is 0 Å². The van der Waals surface area contributed by atoms with Gasteiger partial charge in [-0.3, -0.25) is 0 Å². The van der Waals surface area contributed by atoms with E-state index in [0.717, 1.165) is 6.04 Å². The zero-order chi connectivity index (χ0) is 11.6. The first-order valence-electron chi connectivity index (χ1n) is 6.74. The van der Waals surface area contributed by atoms with E-state index in [-0.39, 0.29) is 0 Å². The Kier molecular flexibility index (Phi) is 8.34. The van der Waals surface area contributed by atoms with Crippen molar-refractivity contribution < 1.29 is 0 Å². The van der Waals surface area contributed by atoms with Crippen molar-refractivity contribution in [3.05, 3.63) is 0 Å². The molecule has 1 aliphatic heterocycles. The van der Waals surface area contributed by atoms with Gasteiger partial charge in [0.1, 0.15) is 0 Å². The number of rotatable bonds is 8. The van der Waals surface area contributed by atoms with Gasteiger partial charge in [0.15, 0.2) is 0 Å². The molecule has 16 heavy (non-hydrogen) atoms. The van der Waals surface area contributed by atoms with Crippen LogP contribution in [0.25, 0.3) is 0 Å². The lowest BCUT2D eigenvalue weighted by molar-refractivity contribution is 0.234. The number of hydrogen-bond donors (Lipinski definition) is 1. The van der Waals surface area contributed by atoms with Crippen LogP contribution < -0.4 is 5.32 Å². The molecule has 0 bridgehead atoms. The third-order valence-electron chi connectivity index (χ3n) is 3.43. The molecular formula is C13H28N2S. The maximum atomic E-state index is 3.70. The molecule has 1 rings (SSSR count). The summed E-state index contributed by atoms with van der Waals surface area (Å²) < 4.78 is 0. The van der Waals surface area contributed by atoms with Gasteiger partial charge >= 0.3 is 0 Å². The van der Waals surface area contributed by atoms with E-state index in [2.05, 4.69) is 23.5 Å². The minimum absolute atomic E-state index is 0.794. The molecule has 0 aromatic heterocycles. The Labute approximate surface area is 106 Å². The van der Waals surface area contributed by atoms with E-state index in [1.807, 2.05) is 11.8 Å². The highest BCUT2D eigenvalue weighted by Gasteiger charge is 2.14. The molecule has 1 N–H and O–H groups in total. The van der Waals surface area contributed by atoms with Gasteiger partial charge in [-0.05, 0) is 64.4 Å². The molecule has 1 heterocycles. The van der Waals surface area contributed by atoms with Crippen LogP contribution >= 0.6 is 11.8 Å². The van der Waals surface area contributed by atoms with Crippen LogP contribution in [0, 0.1) is 0 Å². The smallest absolute Gasteiger partial charge is 0.00914 e. The van der Waals surface area contributed by atoms with E-state index in [4.69, 9.17) is 0 Å². The van der Waals surface area contributed by atoms with Crippen LogP contribution in [-0.4, -0.2) is 49.6 Å². The van der Waals surface area contributed by atoms with Crippen LogP contribution in [0.1, 0.15) is 38.5 Å². The van der Waals surface area contributed by atoms with Crippen LogP contribution in [0.15, 0.2) is 0 Å². The minimum Gasteiger partial charge on any atom is -0.314 e. The van der Waals surface area contributed by atoms with Crippen molar-refractivity contribution in [2.75, 3.05) is 38.7 Å². The van der Waals surface area contributed by atoms with Crippen LogP contribution in [0.5, 0.6) is 0 Å². The summed E-state index contributed by atoms with van der Waals surface area (Å²) in [5.74, 6) is 1.34. The monoisotopic (exact) mass is 244 g/mol. The molecule has 0 saturated carbocycles. The Bertz CT molecular complexity index is 156. The van der Waals surface area contributed by atoms with E-state index < -0.39 is 0 Å². The fraction of sp³-hybridized carbons (Fsp3) is 1.00. The molecule has 2 nitrogen and oxygen atoms in total. The predicted octanol–water partition coefficient (Wildman–Crippen LogP) is 2.59. The lowest BCUT2D eigenvalue weighted by atomic mass is 10.1. The summed E-state index contributed by atoms with van der Waals surface area (Å²) in [4.78, 5) is 2.43. The molecular weight excluding hydrogens is 216 g/mol. The summed E-state index contributed by atoms with van der Waals surface area (Å²) in [5.41, 5.74) is 0. The summed E-state index contributed by atoms with van der Waals surface area (Å²) in [5, 5.41) is 3.70. The first kappa shape index (κ1) is 14.3. The Balaban J connectivity index is 1.84. The normalized spacial score (nSPS) is 19.1. The third-order valence-corrected chi connectivity index (χ3v) is 4.12. The average Bonchev–Trinajstić information content (AvgIpc) is 2.30. The minimum atomic E-state index is 0.794. The van der Waals surface area contributed by atoms with Gasteiger partial charge in [0.2, 0.25) is 0 Å². The summed E-state index contributed by atoms with van der Waals surface area (Å²) in [7, 11) is 2.22. The molecule has 3 heteroatoms. The highest BCUT2D eigenvalue weighted by atomic mass is 32.2. The average molecular weight is 244 g/mol. The van der Waals surface area contributed by atoms with Crippen molar-refractivity contribution in [2.45, 2.75) is 44.6 Å². The molecule has 0 atom stereocenters. The second kappa shape index (κ2) is 9.32. The summed E-state index contributed by atoms with van der Waals surface area (Å²) in [6.07, 6.45) is 10.4. The largest absolute Gasteiger partial charge is 0.314 e. The van der Waals surface area contributed by atoms with Gasteiger partial charge in [-0.25, -0.2) is 0 Å². The molecule has 1 saturated heterocycles. The number of unbranched alkanes of at least 4 members (excludes halogenated alkanes) is 3. The standard InChI is InChI=1S/C13H28N2S/c1-15-10-7-13(8-11-15)14-9-5-3-4-6-12-16-2/h13-14H,3-12H2,1-2H3. The first-order chi connectivity index (χ1) is 7.83. The molecule has 1 fully saturated rings. The number of piperidine rings is 1. The Morgan fingerprint density at radius 3 is 2.50 bits per heavy atom. The predicted molar refractivity (Wildman–Crippen MR) is 75.4 cm³/mol. The second-order valence-electron chi connectivity index (χ2n) is 4.94. The first-order valence-corrected chi connectivity index (χ1v) is 8.13. The highest BCUT2D eigenvalue weighted by Crippen LogP contribution is 2.09. The molecule has 0 amide bonds. The second-order valence-corrected chi connectivity index (χ2v) is 5.92. The van der Waals surface area contributed by atoms with E-state index in [1.54, 1.807) is 0 Å². The zero-order valence-electron chi connectivity index (χ0n) is 11.0. The van der Waals surface area contributed by atoms with Gasteiger partial charge in [-0.1, -0.05) is 12.8 Å². The van der Waals surface area contributed by atoms with Crippen LogP contribution in [0.2, 0.25) is 0 Å². The fourth-order valence-electron chi connectivity index (χ4n) is 2.24.